The number of rotatable bonds is 4. The lowest BCUT2D eigenvalue weighted by Gasteiger charge is -2.29. The molecular weight excluding hydrogens is 321 g/mol. The molecule has 1 aliphatic heterocycles. The topological polar surface area (TPSA) is 69.7 Å². The van der Waals surface area contributed by atoms with Crippen LogP contribution < -0.4 is 5.32 Å². The molecule has 0 aliphatic carbocycles. The van der Waals surface area contributed by atoms with E-state index in [9.17, 15) is 17.6 Å². The van der Waals surface area contributed by atoms with Crippen molar-refractivity contribution in [2.24, 2.45) is 0 Å². The smallest absolute Gasteiger partial charge is 0.243 e. The van der Waals surface area contributed by atoms with Crippen LogP contribution in [0.15, 0.2) is 17.0 Å². The van der Waals surface area contributed by atoms with Crippen LogP contribution in [0.3, 0.4) is 0 Å². The minimum absolute atomic E-state index is 0.0644. The van der Waals surface area contributed by atoms with Crippen molar-refractivity contribution in [2.75, 3.05) is 39.8 Å². The van der Waals surface area contributed by atoms with E-state index in [1.807, 2.05) is 0 Å². The molecular formula is C15H22FN3O3S. The van der Waals surface area contributed by atoms with E-state index in [1.54, 1.807) is 18.7 Å². The number of carbonyl (C=O) groups is 1. The number of hydrogen-bond donors (Lipinski definition) is 1. The van der Waals surface area contributed by atoms with Gasteiger partial charge in [-0.2, -0.15) is 4.31 Å². The number of carbonyl (C=O) groups excluding carboxylic acids is 1. The summed E-state index contributed by atoms with van der Waals surface area (Å²) in [5.41, 5.74) is 0.674. The fourth-order valence-corrected chi connectivity index (χ4v) is 4.27. The van der Waals surface area contributed by atoms with E-state index in [4.69, 9.17) is 0 Å². The van der Waals surface area contributed by atoms with Crippen molar-refractivity contribution in [1.29, 1.82) is 0 Å². The molecule has 0 spiro atoms. The molecule has 0 radical (unpaired) electrons. The van der Waals surface area contributed by atoms with E-state index in [0.29, 0.717) is 37.3 Å². The summed E-state index contributed by atoms with van der Waals surface area (Å²) in [6.07, 6.45) is 0. The maximum atomic E-state index is 13.4. The maximum Gasteiger partial charge on any atom is 0.243 e. The monoisotopic (exact) mass is 343 g/mol. The van der Waals surface area contributed by atoms with E-state index in [1.165, 1.54) is 19.2 Å². The second-order valence-electron chi connectivity index (χ2n) is 5.76. The van der Waals surface area contributed by atoms with Gasteiger partial charge in [-0.25, -0.2) is 12.8 Å². The van der Waals surface area contributed by atoms with Gasteiger partial charge in [-0.05, 0) is 37.1 Å². The molecule has 0 unspecified atom stereocenters. The molecule has 1 heterocycles. The number of sulfonamides is 1. The number of amides is 1. The van der Waals surface area contributed by atoms with Crippen LogP contribution in [0, 0.1) is 19.7 Å². The lowest BCUT2D eigenvalue weighted by molar-refractivity contribution is -0.131. The third-order valence-electron chi connectivity index (χ3n) is 3.92. The highest BCUT2D eigenvalue weighted by atomic mass is 32.2. The third kappa shape index (κ3) is 3.88. The molecule has 2 rings (SSSR count). The van der Waals surface area contributed by atoms with Gasteiger partial charge in [0.1, 0.15) is 5.82 Å². The summed E-state index contributed by atoms with van der Waals surface area (Å²) in [5, 5.41) is 3.14. The normalized spacial score (nSPS) is 16.0. The van der Waals surface area contributed by atoms with Crippen molar-refractivity contribution in [2.45, 2.75) is 18.7 Å². The first-order valence-corrected chi connectivity index (χ1v) is 8.89. The molecule has 0 aromatic heterocycles. The Labute approximate surface area is 136 Å². The number of nitrogens with zero attached hydrogens (tertiary/aromatic N) is 2. The summed E-state index contributed by atoms with van der Waals surface area (Å²) in [6.45, 7) is 5.43. The predicted octanol–water partition coefficient (Wildman–Crippen LogP) is 0.495. The second-order valence-corrected chi connectivity index (χ2v) is 7.74. The molecule has 8 heteroatoms. The molecule has 1 fully saturated rings. The second kappa shape index (κ2) is 6.94. The largest absolute Gasteiger partial charge is 0.339 e. The van der Waals surface area contributed by atoms with Crippen LogP contribution in [0.4, 0.5) is 4.39 Å². The van der Waals surface area contributed by atoms with Crippen LogP contribution in [0.25, 0.3) is 0 Å². The number of benzene rings is 1. The third-order valence-corrected chi connectivity index (χ3v) is 6.03. The Hall–Kier alpha value is -1.51. The van der Waals surface area contributed by atoms with Crippen molar-refractivity contribution in [3.8, 4) is 0 Å². The summed E-state index contributed by atoms with van der Waals surface area (Å²) < 4.78 is 39.9. The fraction of sp³-hybridized carbons (Fsp3) is 0.533. The Kier molecular flexibility index (Phi) is 5.38. The van der Waals surface area contributed by atoms with E-state index < -0.39 is 15.8 Å². The highest BCUT2D eigenvalue weighted by molar-refractivity contribution is 7.89. The molecule has 0 atom stereocenters. The lowest BCUT2D eigenvalue weighted by Crippen LogP contribution is -2.49. The van der Waals surface area contributed by atoms with E-state index in [2.05, 4.69) is 5.32 Å². The quantitative estimate of drug-likeness (QED) is 0.864. The van der Waals surface area contributed by atoms with Crippen molar-refractivity contribution in [3.63, 3.8) is 0 Å². The predicted molar refractivity (Wildman–Crippen MR) is 85.1 cm³/mol. The Morgan fingerprint density at radius 2 is 1.78 bits per heavy atom. The highest BCUT2D eigenvalue weighted by Gasteiger charge is 2.28. The van der Waals surface area contributed by atoms with E-state index in [0.717, 1.165) is 4.31 Å². The summed E-state index contributed by atoms with van der Waals surface area (Å²) >= 11 is 0. The first kappa shape index (κ1) is 17.8. The Bertz CT molecular complexity index is 677. The van der Waals surface area contributed by atoms with Crippen LogP contribution in [0.5, 0.6) is 0 Å². The van der Waals surface area contributed by atoms with Gasteiger partial charge in [-0.1, -0.05) is 0 Å². The number of nitrogens with one attached hydrogen (secondary N) is 1. The van der Waals surface area contributed by atoms with Gasteiger partial charge in [0.05, 0.1) is 11.4 Å². The fourth-order valence-electron chi connectivity index (χ4n) is 2.75. The van der Waals surface area contributed by atoms with E-state index in [-0.39, 0.29) is 17.3 Å². The summed E-state index contributed by atoms with van der Waals surface area (Å²) in [6, 6.07) is 2.37. The summed E-state index contributed by atoms with van der Waals surface area (Å²) in [4.78, 5) is 14.0. The van der Waals surface area contributed by atoms with Crippen LogP contribution in [-0.2, 0) is 14.8 Å². The molecule has 1 aromatic carbocycles. The maximum absolute atomic E-state index is 13.4. The zero-order chi connectivity index (χ0) is 17.2. The minimum atomic E-state index is -3.85. The minimum Gasteiger partial charge on any atom is -0.339 e. The molecule has 0 saturated carbocycles. The number of hydrogen-bond acceptors (Lipinski definition) is 4. The number of halogens is 1. The molecule has 128 valence electrons. The lowest BCUT2D eigenvalue weighted by atomic mass is 10.1. The van der Waals surface area contributed by atoms with Gasteiger partial charge in [0.15, 0.2) is 0 Å². The van der Waals surface area contributed by atoms with Gasteiger partial charge >= 0.3 is 0 Å². The molecule has 0 bridgehead atoms. The molecule has 1 aromatic rings. The molecule has 1 saturated heterocycles. The van der Waals surface area contributed by atoms with Gasteiger partial charge in [-0.15, -0.1) is 0 Å². The van der Waals surface area contributed by atoms with Crippen molar-refractivity contribution >= 4 is 15.9 Å². The van der Waals surface area contributed by atoms with Gasteiger partial charge in [0.25, 0.3) is 0 Å². The Morgan fingerprint density at radius 3 is 2.30 bits per heavy atom. The highest BCUT2D eigenvalue weighted by Crippen LogP contribution is 2.24. The van der Waals surface area contributed by atoms with Crippen molar-refractivity contribution in [3.05, 3.63) is 29.1 Å². The van der Waals surface area contributed by atoms with Gasteiger partial charge < -0.3 is 10.2 Å². The zero-order valence-corrected chi connectivity index (χ0v) is 14.4. The SMILES string of the molecule is Cc1cc(F)cc(C)c1S(=O)(=O)N(C)CC(=O)N1CCNCC1. The molecule has 6 nitrogen and oxygen atoms in total. The number of likely N-dealkylation sites (N-methyl/N-ethyl adjacent to an activating group) is 1. The van der Waals surface area contributed by atoms with E-state index >= 15 is 0 Å². The zero-order valence-electron chi connectivity index (χ0n) is 13.6. The summed E-state index contributed by atoms with van der Waals surface area (Å²) in [7, 11) is -2.47. The Morgan fingerprint density at radius 1 is 1.26 bits per heavy atom. The van der Waals surface area contributed by atoms with Crippen molar-refractivity contribution < 1.29 is 17.6 Å². The average molecular weight is 343 g/mol. The van der Waals surface area contributed by atoms with Gasteiger partial charge in [-0.3, -0.25) is 4.79 Å². The van der Waals surface area contributed by atoms with Crippen molar-refractivity contribution in [1.82, 2.24) is 14.5 Å². The van der Waals surface area contributed by atoms with Gasteiger partial charge in [0.2, 0.25) is 15.9 Å². The summed E-state index contributed by atoms with van der Waals surface area (Å²) in [5.74, 6) is -0.700. The van der Waals surface area contributed by atoms with Crippen LogP contribution in [0.1, 0.15) is 11.1 Å². The molecule has 1 N–H and O–H groups in total. The van der Waals surface area contributed by atoms with Crippen LogP contribution in [-0.4, -0.2) is 63.3 Å². The standard InChI is InChI=1S/C15H22FN3O3S/c1-11-8-13(16)9-12(2)15(11)23(21,22)18(3)10-14(20)19-6-4-17-5-7-19/h8-9,17H,4-7,10H2,1-3H3. The van der Waals surface area contributed by atoms with Gasteiger partial charge in [0, 0.05) is 33.2 Å². The molecule has 23 heavy (non-hydrogen) atoms. The molecule has 1 aliphatic rings. The van der Waals surface area contributed by atoms with Crippen LogP contribution >= 0.6 is 0 Å². The Balaban J connectivity index is 2.20. The van der Waals surface area contributed by atoms with Crippen LogP contribution in [0.2, 0.25) is 0 Å². The molecule has 1 amide bonds. The average Bonchev–Trinajstić information content (AvgIpc) is 2.46. The number of piperazine rings is 1. The first-order chi connectivity index (χ1) is 10.7. The number of aryl methyl sites for hydroxylation is 2. The first-order valence-electron chi connectivity index (χ1n) is 7.45.